The maximum Gasteiger partial charge on any atom is 0.258 e. The Morgan fingerprint density at radius 2 is 2.08 bits per heavy atom. The summed E-state index contributed by atoms with van der Waals surface area (Å²) in [6.45, 7) is 2.01. The van der Waals surface area contributed by atoms with Crippen molar-refractivity contribution in [2.24, 2.45) is 0 Å². The fourth-order valence-corrected chi connectivity index (χ4v) is 3.28. The molecule has 0 aliphatic carbocycles. The Kier molecular flexibility index (Phi) is 4.39. The van der Waals surface area contributed by atoms with E-state index in [9.17, 15) is 18.4 Å². The van der Waals surface area contributed by atoms with Gasteiger partial charge in [0.2, 0.25) is 0 Å². The van der Waals surface area contributed by atoms with E-state index in [4.69, 9.17) is 0 Å². The van der Waals surface area contributed by atoms with E-state index in [2.05, 4.69) is 10.3 Å². The maximum atomic E-state index is 13.1. The van der Waals surface area contributed by atoms with Crippen LogP contribution in [0.3, 0.4) is 0 Å². The number of halogens is 2. The number of rotatable bonds is 4. The zero-order valence-electron chi connectivity index (χ0n) is 12.7. The van der Waals surface area contributed by atoms with Crippen LogP contribution in [0.5, 0.6) is 0 Å². The van der Waals surface area contributed by atoms with E-state index in [0.29, 0.717) is 17.1 Å². The van der Waals surface area contributed by atoms with Crippen LogP contribution in [0.2, 0.25) is 0 Å². The van der Waals surface area contributed by atoms with Crippen molar-refractivity contribution in [2.45, 2.75) is 13.3 Å². The number of carbonyl (C=O) groups is 1. The third-order valence-electron chi connectivity index (χ3n) is 3.45. The molecule has 1 amide bonds. The largest absolute Gasteiger partial charge is 0.352 e. The number of fused-ring (bicyclic) bond motifs is 1. The lowest BCUT2D eigenvalue weighted by molar-refractivity contribution is 0.0953. The quantitative estimate of drug-likeness (QED) is 0.786. The standard InChI is InChI=1S/C16H13F2N3O2S/c1-9-6-14(22)21-11(8-24-16(21)20-9)4-5-19-15(23)10-2-3-12(17)13(18)7-10/h2-3,6-8H,4-5H2,1H3,(H,19,23). The highest BCUT2D eigenvalue weighted by molar-refractivity contribution is 7.15. The highest BCUT2D eigenvalue weighted by Crippen LogP contribution is 2.13. The van der Waals surface area contributed by atoms with E-state index < -0.39 is 17.5 Å². The molecule has 8 heteroatoms. The molecule has 3 rings (SSSR count). The molecule has 0 saturated carbocycles. The van der Waals surface area contributed by atoms with Crippen molar-refractivity contribution in [1.29, 1.82) is 0 Å². The summed E-state index contributed by atoms with van der Waals surface area (Å²) in [5, 5.41) is 4.43. The molecule has 0 fully saturated rings. The van der Waals surface area contributed by atoms with Crippen LogP contribution < -0.4 is 10.9 Å². The smallest absolute Gasteiger partial charge is 0.258 e. The van der Waals surface area contributed by atoms with Crippen LogP contribution >= 0.6 is 11.3 Å². The molecular formula is C16H13F2N3O2S. The molecule has 3 aromatic rings. The lowest BCUT2D eigenvalue weighted by atomic mass is 10.2. The molecule has 2 heterocycles. The number of nitrogens with zero attached hydrogens (tertiary/aromatic N) is 2. The Bertz CT molecular complexity index is 981. The lowest BCUT2D eigenvalue weighted by Gasteiger charge is -2.06. The number of aryl methyl sites for hydroxylation is 1. The van der Waals surface area contributed by atoms with Crippen LogP contribution in [0.25, 0.3) is 4.96 Å². The average molecular weight is 349 g/mol. The number of thiazole rings is 1. The molecule has 0 saturated heterocycles. The predicted octanol–water partition coefficient (Wildman–Crippen LogP) is 2.32. The molecule has 0 bridgehead atoms. The van der Waals surface area contributed by atoms with Crippen molar-refractivity contribution >= 4 is 22.2 Å². The summed E-state index contributed by atoms with van der Waals surface area (Å²) in [7, 11) is 0. The van der Waals surface area contributed by atoms with E-state index in [-0.39, 0.29) is 17.7 Å². The Hall–Kier alpha value is -2.61. The zero-order valence-corrected chi connectivity index (χ0v) is 13.5. The fraction of sp³-hybridized carbons (Fsp3) is 0.188. The van der Waals surface area contributed by atoms with E-state index in [0.717, 1.165) is 17.8 Å². The first-order valence-electron chi connectivity index (χ1n) is 7.16. The van der Waals surface area contributed by atoms with Gasteiger partial charge in [0.1, 0.15) is 0 Å². The zero-order chi connectivity index (χ0) is 17.3. The van der Waals surface area contributed by atoms with Gasteiger partial charge in [-0.3, -0.25) is 14.0 Å². The number of carbonyl (C=O) groups excluding carboxylic acids is 1. The van der Waals surface area contributed by atoms with Gasteiger partial charge in [0.05, 0.1) is 0 Å². The van der Waals surface area contributed by atoms with Crippen molar-refractivity contribution in [1.82, 2.24) is 14.7 Å². The first kappa shape index (κ1) is 16.3. The van der Waals surface area contributed by atoms with E-state index in [1.165, 1.54) is 27.9 Å². The minimum Gasteiger partial charge on any atom is -0.352 e. The molecule has 24 heavy (non-hydrogen) atoms. The number of amides is 1. The fourth-order valence-electron chi connectivity index (χ4n) is 2.30. The molecule has 0 radical (unpaired) electrons. The van der Waals surface area contributed by atoms with Gasteiger partial charge in [-0.15, -0.1) is 11.3 Å². The molecule has 5 nitrogen and oxygen atoms in total. The van der Waals surface area contributed by atoms with Crippen LogP contribution in [-0.4, -0.2) is 21.8 Å². The van der Waals surface area contributed by atoms with Gasteiger partial charge in [-0.1, -0.05) is 0 Å². The van der Waals surface area contributed by atoms with Crippen LogP contribution in [0.15, 0.2) is 34.4 Å². The third-order valence-corrected chi connectivity index (χ3v) is 4.33. The molecule has 0 aliphatic rings. The Morgan fingerprint density at radius 1 is 1.29 bits per heavy atom. The van der Waals surface area contributed by atoms with Crippen molar-refractivity contribution < 1.29 is 13.6 Å². The molecule has 0 atom stereocenters. The first-order chi connectivity index (χ1) is 11.5. The van der Waals surface area contributed by atoms with Crippen LogP contribution in [0.1, 0.15) is 21.7 Å². The molecule has 0 aliphatic heterocycles. The average Bonchev–Trinajstić information content (AvgIpc) is 2.93. The molecule has 124 valence electrons. The summed E-state index contributed by atoms with van der Waals surface area (Å²) >= 11 is 1.35. The van der Waals surface area contributed by atoms with Gasteiger partial charge in [-0.2, -0.15) is 0 Å². The lowest BCUT2D eigenvalue weighted by Crippen LogP contribution is -2.27. The number of nitrogens with one attached hydrogen (secondary N) is 1. The summed E-state index contributed by atoms with van der Waals surface area (Å²) in [6, 6.07) is 4.42. The van der Waals surface area contributed by atoms with Crippen molar-refractivity contribution in [3.8, 4) is 0 Å². The Labute approximate surface area is 139 Å². The van der Waals surface area contributed by atoms with Crippen LogP contribution in [0.4, 0.5) is 8.78 Å². The van der Waals surface area contributed by atoms with Gasteiger partial charge in [-0.05, 0) is 25.1 Å². The third kappa shape index (κ3) is 3.18. The van der Waals surface area contributed by atoms with E-state index in [1.807, 2.05) is 5.38 Å². The molecule has 1 N–H and O–H groups in total. The van der Waals surface area contributed by atoms with Crippen molar-refractivity contribution in [3.05, 3.63) is 68.6 Å². The summed E-state index contributed by atoms with van der Waals surface area (Å²) < 4.78 is 27.5. The molecular weight excluding hydrogens is 336 g/mol. The number of hydrogen-bond acceptors (Lipinski definition) is 4. The number of hydrogen-bond donors (Lipinski definition) is 1. The maximum absolute atomic E-state index is 13.1. The predicted molar refractivity (Wildman–Crippen MR) is 86.5 cm³/mol. The second-order valence-electron chi connectivity index (χ2n) is 5.22. The van der Waals surface area contributed by atoms with Crippen LogP contribution in [0, 0.1) is 18.6 Å². The topological polar surface area (TPSA) is 63.5 Å². The van der Waals surface area contributed by atoms with E-state index in [1.54, 1.807) is 6.92 Å². The second-order valence-corrected chi connectivity index (χ2v) is 6.05. The van der Waals surface area contributed by atoms with Crippen molar-refractivity contribution in [3.63, 3.8) is 0 Å². The first-order valence-corrected chi connectivity index (χ1v) is 8.03. The normalized spacial score (nSPS) is 11.0. The monoisotopic (exact) mass is 349 g/mol. The van der Waals surface area contributed by atoms with Crippen LogP contribution in [-0.2, 0) is 6.42 Å². The highest BCUT2D eigenvalue weighted by atomic mass is 32.1. The summed E-state index contributed by atoms with van der Waals surface area (Å²) in [5.74, 6) is -2.58. The van der Waals surface area contributed by atoms with Gasteiger partial charge in [0, 0.05) is 41.4 Å². The Morgan fingerprint density at radius 3 is 2.83 bits per heavy atom. The molecule has 2 aromatic heterocycles. The van der Waals surface area contributed by atoms with Gasteiger partial charge in [0.25, 0.3) is 11.5 Å². The number of benzene rings is 1. The van der Waals surface area contributed by atoms with Crippen molar-refractivity contribution in [2.75, 3.05) is 6.54 Å². The Balaban J connectivity index is 1.69. The van der Waals surface area contributed by atoms with Gasteiger partial charge >= 0.3 is 0 Å². The minimum absolute atomic E-state index is 0.0403. The van der Waals surface area contributed by atoms with E-state index >= 15 is 0 Å². The summed E-state index contributed by atoms with van der Waals surface area (Å²) in [5.41, 5.74) is 1.26. The summed E-state index contributed by atoms with van der Waals surface area (Å²) in [6.07, 6.45) is 0.417. The van der Waals surface area contributed by atoms with Gasteiger partial charge < -0.3 is 5.32 Å². The summed E-state index contributed by atoms with van der Waals surface area (Å²) in [4.78, 5) is 28.8. The highest BCUT2D eigenvalue weighted by Gasteiger charge is 2.11. The van der Waals surface area contributed by atoms with Gasteiger partial charge in [-0.25, -0.2) is 13.8 Å². The second kappa shape index (κ2) is 6.48. The number of aromatic nitrogens is 2. The molecule has 0 spiro atoms. The van der Waals surface area contributed by atoms with Gasteiger partial charge in [0.15, 0.2) is 16.6 Å². The molecule has 1 aromatic carbocycles. The minimum atomic E-state index is -1.07. The SMILES string of the molecule is Cc1cc(=O)n2c(CCNC(=O)c3ccc(F)c(F)c3)csc2n1. The molecule has 0 unspecified atom stereocenters.